The molecule has 1 aliphatic heterocycles. The fourth-order valence-corrected chi connectivity index (χ4v) is 11.0. The van der Waals surface area contributed by atoms with Crippen LogP contribution in [0.5, 0.6) is 0 Å². The zero-order chi connectivity index (χ0) is 45.4. The third-order valence-corrected chi connectivity index (χ3v) is 13.9. The number of carbonyl (C=O) groups is 6. The first-order chi connectivity index (χ1) is 29.8. The van der Waals surface area contributed by atoms with Crippen molar-refractivity contribution < 1.29 is 53.2 Å². The van der Waals surface area contributed by atoms with E-state index >= 15 is 0 Å². The van der Waals surface area contributed by atoms with Crippen LogP contribution in [0.3, 0.4) is 0 Å². The van der Waals surface area contributed by atoms with E-state index in [1.165, 1.54) is 0 Å². The molecule has 5 N–H and O–H groups in total. The van der Waals surface area contributed by atoms with Crippen molar-refractivity contribution in [2.45, 2.75) is 122 Å². The lowest BCUT2D eigenvalue weighted by atomic mass is 9.49. The Morgan fingerprint density at radius 3 is 2.49 bits per heavy atom. The largest absolute Gasteiger partial charge is 0.444 e. The molecule has 3 saturated carbocycles. The molecule has 0 radical (unpaired) electrons. The summed E-state index contributed by atoms with van der Waals surface area (Å²) in [6, 6.07) is 14.4. The zero-order valence-corrected chi connectivity index (χ0v) is 37.0. The summed E-state index contributed by atoms with van der Waals surface area (Å²) in [5.74, 6) is -2.14. The van der Waals surface area contributed by atoms with Gasteiger partial charge in [-0.15, -0.1) is 0 Å². The van der Waals surface area contributed by atoms with E-state index in [2.05, 4.69) is 16.0 Å². The highest BCUT2D eigenvalue weighted by atomic mass is 16.7. The molecule has 0 bridgehead atoms. The number of amides is 3. The van der Waals surface area contributed by atoms with Crippen molar-refractivity contribution in [1.82, 2.24) is 10.6 Å². The van der Waals surface area contributed by atoms with Crippen LogP contribution in [-0.2, 0) is 44.6 Å². The van der Waals surface area contributed by atoms with Crippen LogP contribution in [0.15, 0.2) is 72.3 Å². The molecule has 63 heavy (non-hydrogen) atoms. The minimum Gasteiger partial charge on any atom is -0.444 e. The number of aliphatic hydroxyl groups excluding tert-OH is 2. The number of alkyl carbamates (subject to hydrolysis) is 1. The van der Waals surface area contributed by atoms with Crippen LogP contribution < -0.4 is 16.0 Å². The van der Waals surface area contributed by atoms with E-state index in [9.17, 15) is 39.0 Å². The van der Waals surface area contributed by atoms with Gasteiger partial charge in [0.15, 0.2) is 29.2 Å². The van der Waals surface area contributed by atoms with Gasteiger partial charge in [0.05, 0.1) is 18.2 Å². The van der Waals surface area contributed by atoms with Crippen molar-refractivity contribution in [3.05, 3.63) is 89.0 Å². The summed E-state index contributed by atoms with van der Waals surface area (Å²) in [4.78, 5) is 76.2. The predicted octanol–water partition coefficient (Wildman–Crippen LogP) is 5.44. The maximum absolute atomic E-state index is 13.9. The Morgan fingerprint density at radius 2 is 1.78 bits per heavy atom. The summed E-state index contributed by atoms with van der Waals surface area (Å²) >= 11 is 0. The lowest BCUT2D eigenvalue weighted by Crippen LogP contribution is -2.62. The Kier molecular flexibility index (Phi) is 13.3. The fraction of sp³-hybridized carbons (Fsp3) is 0.551. The number of allylic oxidation sites excluding steroid dienone is 4. The number of nitrogens with one attached hydrogen (secondary N) is 3. The van der Waals surface area contributed by atoms with Crippen LogP contribution in [0.1, 0.15) is 103 Å². The second kappa shape index (κ2) is 18.2. The number of ketones is 3. The highest BCUT2D eigenvalue weighted by Gasteiger charge is 2.75. The first-order valence-corrected chi connectivity index (χ1v) is 22.2. The zero-order valence-electron chi connectivity index (χ0n) is 37.0. The average Bonchev–Trinajstić information content (AvgIpc) is 3.72. The normalized spacial score (nSPS) is 30.4. The van der Waals surface area contributed by atoms with E-state index in [0.717, 1.165) is 35.1 Å². The van der Waals surface area contributed by atoms with E-state index in [0.29, 0.717) is 24.9 Å². The van der Waals surface area contributed by atoms with Gasteiger partial charge in [-0.05, 0) is 113 Å². The molecule has 2 aromatic carbocycles. The molecule has 1 saturated heterocycles. The minimum atomic E-state index is -1.43. The molecule has 4 aliphatic carbocycles. The molecule has 338 valence electrons. The van der Waals surface area contributed by atoms with Crippen molar-refractivity contribution in [3.8, 4) is 0 Å². The van der Waals surface area contributed by atoms with Crippen LogP contribution >= 0.6 is 0 Å². The van der Waals surface area contributed by atoms with Gasteiger partial charge >= 0.3 is 6.09 Å². The molecular formula is C49H61N3O11. The number of carbonyl (C=O) groups excluding carboxylic acids is 6. The van der Waals surface area contributed by atoms with Crippen molar-refractivity contribution in [2.75, 3.05) is 18.5 Å². The average molecular weight is 868 g/mol. The molecule has 11 atom stereocenters. The molecular weight excluding hydrogens is 807 g/mol. The van der Waals surface area contributed by atoms with Crippen LogP contribution in [0.25, 0.3) is 0 Å². The van der Waals surface area contributed by atoms with E-state index in [1.54, 1.807) is 52.8 Å². The minimum absolute atomic E-state index is 0.0147. The monoisotopic (exact) mass is 867 g/mol. The molecule has 3 amide bonds. The number of hydrogen-bond donors (Lipinski definition) is 5. The number of hydrogen-bond acceptors (Lipinski definition) is 11. The highest BCUT2D eigenvalue weighted by Crippen LogP contribution is 2.69. The summed E-state index contributed by atoms with van der Waals surface area (Å²) in [6.45, 7) is 9.78. The Morgan fingerprint density at radius 1 is 1.03 bits per heavy atom. The SMILES string of the molecule is C[C@H](CC(=O)[C@H](C)NC(=O)CCNC(=O)OC(C)(C)C)C(=O)Nc1cccc(Cc2ccc([C@@H]3O[C@@H]4C[C@H]5[C@@H]6CCC7=CC(=O)C=CC7[C@H]6[C@@H](O)C[C@]5(C)[C@]4(C(=O)CO)O3)cc2)c1. The summed E-state index contributed by atoms with van der Waals surface area (Å²) < 4.78 is 18.5. The molecule has 5 aliphatic rings. The second-order valence-corrected chi connectivity index (χ2v) is 19.4. The maximum Gasteiger partial charge on any atom is 0.407 e. The first kappa shape index (κ1) is 46.0. The number of ether oxygens (including phenoxy) is 3. The Labute approximate surface area is 368 Å². The Bertz CT molecular complexity index is 2180. The van der Waals surface area contributed by atoms with E-state index in [1.807, 2.05) is 55.5 Å². The molecule has 4 fully saturated rings. The number of rotatable bonds is 14. The number of anilines is 1. The molecule has 14 heteroatoms. The van der Waals surface area contributed by atoms with Gasteiger partial charge in [-0.3, -0.25) is 24.0 Å². The van der Waals surface area contributed by atoms with Crippen LogP contribution in [0.4, 0.5) is 10.5 Å². The van der Waals surface area contributed by atoms with Crippen molar-refractivity contribution in [3.63, 3.8) is 0 Å². The van der Waals surface area contributed by atoms with E-state index < -0.39 is 71.5 Å². The summed E-state index contributed by atoms with van der Waals surface area (Å²) in [5, 5.41) is 30.1. The molecule has 14 nitrogen and oxygen atoms in total. The van der Waals surface area contributed by atoms with Crippen LogP contribution in [-0.4, -0.2) is 88.1 Å². The van der Waals surface area contributed by atoms with E-state index in [4.69, 9.17) is 14.2 Å². The summed E-state index contributed by atoms with van der Waals surface area (Å²) in [7, 11) is 0. The van der Waals surface area contributed by atoms with Gasteiger partial charge in [0.25, 0.3) is 0 Å². The van der Waals surface area contributed by atoms with Crippen molar-refractivity contribution in [1.29, 1.82) is 0 Å². The molecule has 2 aromatic rings. The number of fused-ring (bicyclic) bond motifs is 7. The fourth-order valence-electron chi connectivity index (χ4n) is 11.0. The summed E-state index contributed by atoms with van der Waals surface area (Å²) in [5.41, 5.74) is 1.42. The predicted molar refractivity (Wildman–Crippen MR) is 232 cm³/mol. The lowest BCUT2D eigenvalue weighted by Gasteiger charge is -2.56. The second-order valence-electron chi connectivity index (χ2n) is 19.4. The van der Waals surface area contributed by atoms with Crippen LogP contribution in [0.2, 0.25) is 0 Å². The standard InChI is InChI=1S/C49H61N3O11/c1-27(20-38(55)28(2)51-42(58)18-19-50-46(60)63-47(3,4)5)44(59)52-33-9-7-8-30(22-33)21-29-10-12-31(13-11-29)45-61-41-24-37-36-16-14-32-23-34(54)15-17-35(32)43(36)39(56)25-48(37,6)49(41,62-45)40(57)26-53/h7-13,15,17,22-23,27-28,35-37,39,41,43,45,53,56H,14,16,18-21,24-26H2,1-6H3,(H,50,60)(H,51,58)(H,52,59)/t27-,28+,35?,36+,37+,39+,41-,43-,45-,48+,49-/m1/s1. The number of benzene rings is 2. The molecule has 7 rings (SSSR count). The number of aliphatic hydroxyl groups is 2. The van der Waals surface area contributed by atoms with Gasteiger partial charge in [-0.25, -0.2) is 4.79 Å². The Balaban J connectivity index is 0.926. The highest BCUT2D eigenvalue weighted by molar-refractivity contribution is 6.01. The molecule has 0 spiro atoms. The smallest absolute Gasteiger partial charge is 0.407 e. The van der Waals surface area contributed by atoms with Gasteiger partial charge < -0.3 is 40.4 Å². The molecule has 1 heterocycles. The first-order valence-electron chi connectivity index (χ1n) is 22.2. The van der Waals surface area contributed by atoms with Gasteiger partial charge in [0.1, 0.15) is 12.2 Å². The van der Waals surface area contributed by atoms with Gasteiger partial charge in [0.2, 0.25) is 11.8 Å². The topological polar surface area (TPSA) is 207 Å². The van der Waals surface area contributed by atoms with Gasteiger partial charge in [0, 0.05) is 47.9 Å². The Hall–Kier alpha value is -5.02. The third-order valence-electron chi connectivity index (χ3n) is 13.9. The van der Waals surface area contributed by atoms with Crippen molar-refractivity contribution in [2.24, 2.45) is 35.0 Å². The maximum atomic E-state index is 13.9. The van der Waals surface area contributed by atoms with Crippen LogP contribution in [0, 0.1) is 35.0 Å². The van der Waals surface area contributed by atoms with E-state index in [-0.39, 0.29) is 60.5 Å². The third kappa shape index (κ3) is 9.45. The molecule has 1 unspecified atom stereocenters. The quantitative estimate of drug-likeness (QED) is 0.162. The molecule has 0 aromatic heterocycles. The number of Topliss-reactive ketones (excluding diaryl/α,β-unsaturated/α-hetero) is 2. The van der Waals surface area contributed by atoms with Gasteiger partial charge in [-0.1, -0.05) is 61.9 Å². The van der Waals surface area contributed by atoms with Gasteiger partial charge in [-0.2, -0.15) is 0 Å². The lowest BCUT2D eigenvalue weighted by molar-refractivity contribution is -0.197. The summed E-state index contributed by atoms with van der Waals surface area (Å²) in [6.07, 6.45) is 5.30. The van der Waals surface area contributed by atoms with Crippen molar-refractivity contribution >= 4 is 40.9 Å².